The van der Waals surface area contributed by atoms with E-state index in [0.29, 0.717) is 24.2 Å². The molecule has 4 N–H and O–H groups in total. The van der Waals surface area contributed by atoms with Crippen LogP contribution in [0.3, 0.4) is 0 Å². The molecule has 0 radical (unpaired) electrons. The largest absolute Gasteiger partial charge is 0.352 e. The summed E-state index contributed by atoms with van der Waals surface area (Å²) >= 11 is 0. The molecule has 0 spiro atoms. The lowest BCUT2D eigenvalue weighted by atomic mass is 10.00. The van der Waals surface area contributed by atoms with Gasteiger partial charge in [0.1, 0.15) is 5.82 Å². The Balaban J connectivity index is 1.53. The number of carbonyl (C=O) groups is 2. The highest BCUT2D eigenvalue weighted by Gasteiger charge is 2.25. The molecule has 0 aliphatic heterocycles. The zero-order valence-electron chi connectivity index (χ0n) is 15.1. The van der Waals surface area contributed by atoms with E-state index in [2.05, 4.69) is 10.6 Å². The highest BCUT2D eigenvalue weighted by atomic mass is 19.1. The molecule has 0 aromatic heterocycles. The maximum atomic E-state index is 13.0. The summed E-state index contributed by atoms with van der Waals surface area (Å²) in [6.45, 7) is 0.390. The van der Waals surface area contributed by atoms with Gasteiger partial charge in [-0.1, -0.05) is 18.6 Å². The Morgan fingerprint density at radius 1 is 1.11 bits per heavy atom. The zero-order chi connectivity index (χ0) is 19.2. The van der Waals surface area contributed by atoms with Crippen LogP contribution in [0.2, 0.25) is 0 Å². The topological polar surface area (TPSA) is 84.2 Å². The minimum Gasteiger partial charge on any atom is -0.352 e. The predicted molar refractivity (Wildman–Crippen MR) is 103 cm³/mol. The van der Waals surface area contributed by atoms with Crippen molar-refractivity contribution in [2.24, 2.45) is 11.7 Å². The molecular weight excluding hydrogens is 345 g/mol. The van der Waals surface area contributed by atoms with Crippen molar-refractivity contribution in [3.05, 3.63) is 65.5 Å². The lowest BCUT2D eigenvalue weighted by molar-refractivity contribution is -0.122. The molecule has 2 aromatic carbocycles. The molecule has 2 atom stereocenters. The number of halogens is 1. The summed E-state index contributed by atoms with van der Waals surface area (Å²) in [7, 11) is 0. The molecule has 6 heteroatoms. The number of rotatable bonds is 6. The van der Waals surface area contributed by atoms with Crippen molar-refractivity contribution in [1.29, 1.82) is 0 Å². The van der Waals surface area contributed by atoms with Crippen molar-refractivity contribution in [3.8, 4) is 0 Å². The van der Waals surface area contributed by atoms with Crippen molar-refractivity contribution in [1.82, 2.24) is 5.32 Å². The molecule has 0 bridgehead atoms. The maximum absolute atomic E-state index is 13.0. The van der Waals surface area contributed by atoms with Crippen molar-refractivity contribution < 1.29 is 14.0 Å². The lowest BCUT2D eigenvalue weighted by Crippen LogP contribution is -2.31. The molecule has 1 fully saturated rings. The Morgan fingerprint density at radius 3 is 2.59 bits per heavy atom. The molecule has 1 aliphatic rings. The van der Waals surface area contributed by atoms with E-state index in [0.717, 1.165) is 24.8 Å². The van der Waals surface area contributed by atoms with Gasteiger partial charge >= 0.3 is 0 Å². The van der Waals surface area contributed by atoms with Crippen molar-refractivity contribution >= 4 is 17.5 Å². The standard InChI is InChI=1S/C21H24FN3O2/c22-17-9-7-15(8-10-17)21(27)25-18-5-1-3-14(11-18)13-24-20(26)12-16-4-2-6-19(16)23/h1,3,5,7-11,16,19H,2,4,6,12-13,23H2,(H,24,26)(H,25,27)/t16-,19+/m0/s1. The van der Waals surface area contributed by atoms with Gasteiger partial charge in [-0.15, -0.1) is 0 Å². The van der Waals surface area contributed by atoms with Crippen LogP contribution in [-0.2, 0) is 11.3 Å². The highest BCUT2D eigenvalue weighted by molar-refractivity contribution is 6.04. The fourth-order valence-corrected chi connectivity index (χ4v) is 3.39. The lowest BCUT2D eigenvalue weighted by Gasteiger charge is -2.15. The van der Waals surface area contributed by atoms with Crippen LogP contribution in [0.25, 0.3) is 0 Å². The Hall–Kier alpha value is -2.73. The Labute approximate surface area is 158 Å². The molecule has 1 saturated carbocycles. The van der Waals surface area contributed by atoms with Gasteiger partial charge in [-0.25, -0.2) is 4.39 Å². The van der Waals surface area contributed by atoms with Crippen molar-refractivity contribution in [2.45, 2.75) is 38.3 Å². The molecule has 5 nitrogen and oxygen atoms in total. The van der Waals surface area contributed by atoms with E-state index in [1.54, 1.807) is 6.07 Å². The minimum atomic E-state index is -0.386. The van der Waals surface area contributed by atoms with E-state index in [1.807, 2.05) is 18.2 Å². The van der Waals surface area contributed by atoms with Gasteiger partial charge in [0.2, 0.25) is 5.91 Å². The number of nitrogens with one attached hydrogen (secondary N) is 2. The number of hydrogen-bond donors (Lipinski definition) is 3. The number of nitrogens with two attached hydrogens (primary N) is 1. The summed E-state index contributed by atoms with van der Waals surface area (Å²) in [6, 6.07) is 12.8. The van der Waals surface area contributed by atoms with Crippen LogP contribution in [-0.4, -0.2) is 17.9 Å². The second kappa shape index (κ2) is 8.77. The summed E-state index contributed by atoms with van der Waals surface area (Å²) in [5.74, 6) is -0.432. The van der Waals surface area contributed by atoms with E-state index in [4.69, 9.17) is 5.73 Å². The van der Waals surface area contributed by atoms with E-state index < -0.39 is 0 Å². The average Bonchev–Trinajstić information content (AvgIpc) is 3.05. The number of carbonyl (C=O) groups excluding carboxylic acids is 2. The third-order valence-corrected chi connectivity index (χ3v) is 4.95. The number of anilines is 1. The van der Waals surface area contributed by atoms with Crippen molar-refractivity contribution in [3.63, 3.8) is 0 Å². The molecule has 27 heavy (non-hydrogen) atoms. The van der Waals surface area contributed by atoms with Crippen LogP contribution >= 0.6 is 0 Å². The summed E-state index contributed by atoms with van der Waals surface area (Å²) in [4.78, 5) is 24.3. The number of benzene rings is 2. The van der Waals surface area contributed by atoms with E-state index in [-0.39, 0.29) is 29.6 Å². The summed E-state index contributed by atoms with van der Waals surface area (Å²) < 4.78 is 13.0. The second-order valence-corrected chi connectivity index (χ2v) is 7.00. The first-order valence-corrected chi connectivity index (χ1v) is 9.19. The van der Waals surface area contributed by atoms with E-state index in [1.165, 1.54) is 24.3 Å². The molecule has 0 unspecified atom stereocenters. The molecular formula is C21H24FN3O2. The zero-order valence-corrected chi connectivity index (χ0v) is 15.1. The van der Waals surface area contributed by atoms with Gasteiger partial charge in [-0.05, 0) is 60.7 Å². The van der Waals surface area contributed by atoms with Gasteiger partial charge < -0.3 is 16.4 Å². The summed E-state index contributed by atoms with van der Waals surface area (Å²) in [5.41, 5.74) is 7.90. The SMILES string of the molecule is N[C@@H]1CCC[C@H]1CC(=O)NCc1cccc(NC(=O)c2ccc(F)cc2)c1. The highest BCUT2D eigenvalue weighted by Crippen LogP contribution is 2.26. The predicted octanol–water partition coefficient (Wildman–Crippen LogP) is 3.21. The first-order chi connectivity index (χ1) is 13.0. The fraction of sp³-hybridized carbons (Fsp3) is 0.333. The molecule has 142 valence electrons. The minimum absolute atomic E-state index is 0.00176. The summed E-state index contributed by atoms with van der Waals surface area (Å²) in [5, 5.41) is 5.70. The first kappa shape index (κ1) is 19.0. The van der Waals surface area contributed by atoms with Crippen LogP contribution in [0.4, 0.5) is 10.1 Å². The smallest absolute Gasteiger partial charge is 0.255 e. The molecule has 2 aromatic rings. The van der Waals surface area contributed by atoms with Crippen LogP contribution in [0, 0.1) is 11.7 Å². The maximum Gasteiger partial charge on any atom is 0.255 e. The Morgan fingerprint density at radius 2 is 1.89 bits per heavy atom. The molecule has 1 aliphatic carbocycles. The number of hydrogen-bond acceptors (Lipinski definition) is 3. The summed E-state index contributed by atoms with van der Waals surface area (Å²) in [6.07, 6.45) is 3.56. The second-order valence-electron chi connectivity index (χ2n) is 7.00. The molecule has 2 amide bonds. The van der Waals surface area contributed by atoms with Gasteiger partial charge in [-0.2, -0.15) is 0 Å². The first-order valence-electron chi connectivity index (χ1n) is 9.19. The van der Waals surface area contributed by atoms with Crippen LogP contribution in [0.1, 0.15) is 41.6 Å². The van der Waals surface area contributed by atoms with Gasteiger partial charge in [0, 0.05) is 30.3 Å². The normalized spacial score (nSPS) is 18.9. The monoisotopic (exact) mass is 369 g/mol. The Kier molecular flexibility index (Phi) is 6.19. The van der Waals surface area contributed by atoms with Crippen LogP contribution in [0.15, 0.2) is 48.5 Å². The molecule has 3 rings (SSSR count). The molecule has 0 heterocycles. The molecule has 0 saturated heterocycles. The third-order valence-electron chi connectivity index (χ3n) is 4.95. The van der Waals surface area contributed by atoms with Gasteiger partial charge in [-0.3, -0.25) is 9.59 Å². The van der Waals surface area contributed by atoms with Crippen LogP contribution in [0.5, 0.6) is 0 Å². The quantitative estimate of drug-likeness (QED) is 0.731. The van der Waals surface area contributed by atoms with Crippen LogP contribution < -0.4 is 16.4 Å². The van der Waals surface area contributed by atoms with Gasteiger partial charge in [0.25, 0.3) is 5.91 Å². The fourth-order valence-electron chi connectivity index (χ4n) is 3.39. The Bertz CT molecular complexity index is 807. The average molecular weight is 369 g/mol. The third kappa shape index (κ3) is 5.37. The van der Waals surface area contributed by atoms with Gasteiger partial charge in [0.05, 0.1) is 0 Å². The number of amides is 2. The van der Waals surface area contributed by atoms with Gasteiger partial charge in [0.15, 0.2) is 0 Å². The van der Waals surface area contributed by atoms with E-state index >= 15 is 0 Å². The van der Waals surface area contributed by atoms with Crippen molar-refractivity contribution in [2.75, 3.05) is 5.32 Å². The van der Waals surface area contributed by atoms with E-state index in [9.17, 15) is 14.0 Å².